The van der Waals surface area contributed by atoms with Crippen molar-refractivity contribution in [2.75, 3.05) is 5.32 Å². The van der Waals surface area contributed by atoms with Gasteiger partial charge in [-0.25, -0.2) is 13.6 Å². The second kappa shape index (κ2) is 6.16. The molecule has 0 atom stereocenters. The molecule has 3 N–H and O–H groups in total. The predicted octanol–water partition coefficient (Wildman–Crippen LogP) is 2.02. The number of benzene rings is 1. The van der Waals surface area contributed by atoms with Crippen molar-refractivity contribution >= 4 is 21.6 Å². The summed E-state index contributed by atoms with van der Waals surface area (Å²) >= 11 is 0. The van der Waals surface area contributed by atoms with Crippen LogP contribution in [0.25, 0.3) is 0 Å². The van der Waals surface area contributed by atoms with Crippen LogP contribution in [-0.4, -0.2) is 14.3 Å². The number of amides is 1. The number of primary sulfonamides is 1. The van der Waals surface area contributed by atoms with Crippen LogP contribution in [0.1, 0.15) is 32.3 Å². The minimum atomic E-state index is -3.70. The largest absolute Gasteiger partial charge is 0.326 e. The van der Waals surface area contributed by atoms with Crippen LogP contribution < -0.4 is 10.5 Å². The van der Waals surface area contributed by atoms with E-state index in [0.29, 0.717) is 23.6 Å². The van der Waals surface area contributed by atoms with Gasteiger partial charge < -0.3 is 5.32 Å². The number of hydrogen-bond acceptors (Lipinski definition) is 3. The molecule has 0 saturated carbocycles. The summed E-state index contributed by atoms with van der Waals surface area (Å²) in [6.45, 7) is 5.84. The molecule has 0 aromatic heterocycles. The maximum absolute atomic E-state index is 11.7. The summed E-state index contributed by atoms with van der Waals surface area (Å²) < 4.78 is 22.4. The van der Waals surface area contributed by atoms with Crippen molar-refractivity contribution in [1.82, 2.24) is 0 Å². The Hall–Kier alpha value is -1.40. The summed E-state index contributed by atoms with van der Waals surface area (Å²) in [6.07, 6.45) is 1.27. The molecule has 1 aromatic rings. The van der Waals surface area contributed by atoms with Crippen LogP contribution in [0.3, 0.4) is 0 Å². The molecule has 0 aliphatic carbocycles. The van der Waals surface area contributed by atoms with Crippen LogP contribution in [0.15, 0.2) is 23.1 Å². The molecule has 0 radical (unpaired) electrons. The summed E-state index contributed by atoms with van der Waals surface area (Å²) in [5, 5.41) is 7.81. The van der Waals surface area contributed by atoms with Crippen molar-refractivity contribution in [3.8, 4) is 0 Å². The molecular formula is C13H20N2O3S. The van der Waals surface area contributed by atoms with Crippen molar-refractivity contribution < 1.29 is 13.2 Å². The van der Waals surface area contributed by atoms with Crippen LogP contribution in [0.2, 0.25) is 0 Å². The van der Waals surface area contributed by atoms with Gasteiger partial charge in [-0.05, 0) is 43.0 Å². The first kappa shape index (κ1) is 15.7. The van der Waals surface area contributed by atoms with Gasteiger partial charge in [0.25, 0.3) is 0 Å². The van der Waals surface area contributed by atoms with Crippen LogP contribution >= 0.6 is 0 Å². The fourth-order valence-electron chi connectivity index (χ4n) is 1.59. The highest BCUT2D eigenvalue weighted by molar-refractivity contribution is 7.89. The molecule has 0 heterocycles. The number of anilines is 1. The second-order valence-corrected chi connectivity index (χ2v) is 6.56. The van der Waals surface area contributed by atoms with Crippen molar-refractivity contribution in [3.63, 3.8) is 0 Å². The average Bonchev–Trinajstić information content (AvgIpc) is 2.27. The molecule has 0 aliphatic rings. The van der Waals surface area contributed by atoms with E-state index in [4.69, 9.17) is 5.14 Å². The SMILES string of the molecule is Cc1cc(S(N)(=O)=O)ccc1NC(=O)CCC(C)C. The first-order chi connectivity index (χ1) is 8.70. The van der Waals surface area contributed by atoms with Crippen molar-refractivity contribution in [3.05, 3.63) is 23.8 Å². The number of nitrogens with two attached hydrogens (primary N) is 1. The van der Waals surface area contributed by atoms with Crippen molar-refractivity contribution in [2.24, 2.45) is 11.1 Å². The lowest BCUT2D eigenvalue weighted by atomic mass is 10.1. The number of carbonyl (C=O) groups is 1. The number of sulfonamides is 1. The van der Waals surface area contributed by atoms with Gasteiger partial charge in [0, 0.05) is 12.1 Å². The number of aryl methyl sites for hydroxylation is 1. The van der Waals surface area contributed by atoms with E-state index in [1.165, 1.54) is 12.1 Å². The lowest BCUT2D eigenvalue weighted by molar-refractivity contribution is -0.116. The second-order valence-electron chi connectivity index (χ2n) is 5.00. The molecule has 1 amide bonds. The minimum absolute atomic E-state index is 0.0465. The van der Waals surface area contributed by atoms with E-state index in [1.54, 1.807) is 13.0 Å². The Labute approximate surface area is 114 Å². The highest BCUT2D eigenvalue weighted by atomic mass is 32.2. The topological polar surface area (TPSA) is 89.3 Å². The van der Waals surface area contributed by atoms with Crippen LogP contribution in [0.4, 0.5) is 5.69 Å². The molecule has 1 rings (SSSR count). The smallest absolute Gasteiger partial charge is 0.238 e. The quantitative estimate of drug-likeness (QED) is 0.866. The van der Waals surface area contributed by atoms with Crippen LogP contribution in [0, 0.1) is 12.8 Å². The van der Waals surface area contributed by atoms with Crippen molar-refractivity contribution in [1.29, 1.82) is 0 Å². The van der Waals surface area contributed by atoms with E-state index < -0.39 is 10.0 Å². The molecule has 5 nitrogen and oxygen atoms in total. The molecule has 0 unspecified atom stereocenters. The Balaban J connectivity index is 2.78. The predicted molar refractivity (Wildman–Crippen MR) is 75.3 cm³/mol. The van der Waals surface area contributed by atoms with Gasteiger partial charge >= 0.3 is 0 Å². The Morgan fingerprint density at radius 3 is 2.47 bits per heavy atom. The monoisotopic (exact) mass is 284 g/mol. The maximum atomic E-state index is 11.7. The fraction of sp³-hybridized carbons (Fsp3) is 0.462. The van der Waals surface area contributed by atoms with Crippen LogP contribution in [-0.2, 0) is 14.8 Å². The third-order valence-electron chi connectivity index (χ3n) is 2.75. The van der Waals surface area contributed by atoms with Gasteiger partial charge in [-0.2, -0.15) is 0 Å². The van der Waals surface area contributed by atoms with Gasteiger partial charge in [-0.15, -0.1) is 0 Å². The van der Waals surface area contributed by atoms with Gasteiger partial charge in [-0.1, -0.05) is 13.8 Å². The Morgan fingerprint density at radius 2 is 2.00 bits per heavy atom. The highest BCUT2D eigenvalue weighted by Crippen LogP contribution is 2.19. The van der Waals surface area contributed by atoms with Crippen LogP contribution in [0.5, 0.6) is 0 Å². The van der Waals surface area contributed by atoms with Gasteiger partial charge in [-0.3, -0.25) is 4.79 Å². The summed E-state index contributed by atoms with van der Waals surface area (Å²) in [6, 6.07) is 4.40. The number of carbonyl (C=O) groups excluding carboxylic acids is 1. The number of nitrogens with one attached hydrogen (secondary N) is 1. The molecule has 106 valence electrons. The summed E-state index contributed by atoms with van der Waals surface area (Å²) in [4.78, 5) is 11.7. The lowest BCUT2D eigenvalue weighted by Crippen LogP contribution is -2.15. The Bertz CT molecular complexity index is 565. The molecule has 6 heteroatoms. The third kappa shape index (κ3) is 5.00. The molecule has 1 aromatic carbocycles. The van der Waals surface area contributed by atoms with Gasteiger partial charge in [0.1, 0.15) is 0 Å². The molecule has 0 aliphatic heterocycles. The lowest BCUT2D eigenvalue weighted by Gasteiger charge is -2.10. The molecule has 0 bridgehead atoms. The van der Waals surface area contributed by atoms with E-state index in [2.05, 4.69) is 19.2 Å². The maximum Gasteiger partial charge on any atom is 0.238 e. The summed E-state index contributed by atoms with van der Waals surface area (Å²) in [5.74, 6) is 0.400. The molecule has 19 heavy (non-hydrogen) atoms. The third-order valence-corrected chi connectivity index (χ3v) is 3.66. The minimum Gasteiger partial charge on any atom is -0.326 e. The first-order valence-electron chi connectivity index (χ1n) is 6.13. The van der Waals surface area contributed by atoms with Gasteiger partial charge in [0.05, 0.1) is 4.90 Å². The normalized spacial score (nSPS) is 11.6. The molecule has 0 saturated heterocycles. The van der Waals surface area contributed by atoms with Crippen molar-refractivity contribution in [2.45, 2.75) is 38.5 Å². The highest BCUT2D eigenvalue weighted by Gasteiger charge is 2.11. The van der Waals surface area contributed by atoms with E-state index in [-0.39, 0.29) is 10.8 Å². The van der Waals surface area contributed by atoms with E-state index in [0.717, 1.165) is 6.42 Å². The van der Waals surface area contributed by atoms with E-state index >= 15 is 0 Å². The zero-order valence-corrected chi connectivity index (χ0v) is 12.3. The van der Waals surface area contributed by atoms with Gasteiger partial charge in [0.15, 0.2) is 0 Å². The standard InChI is InChI=1S/C13H20N2O3S/c1-9(2)4-7-13(16)15-12-6-5-11(8-10(12)3)19(14,17)18/h5-6,8-9H,4,7H2,1-3H3,(H,15,16)(H2,14,17,18). The van der Waals surface area contributed by atoms with E-state index in [1.807, 2.05) is 0 Å². The zero-order chi connectivity index (χ0) is 14.6. The molecule has 0 fully saturated rings. The Morgan fingerprint density at radius 1 is 1.37 bits per heavy atom. The zero-order valence-electron chi connectivity index (χ0n) is 11.4. The average molecular weight is 284 g/mol. The fourth-order valence-corrected chi connectivity index (χ4v) is 2.18. The number of hydrogen-bond donors (Lipinski definition) is 2. The van der Waals surface area contributed by atoms with E-state index in [9.17, 15) is 13.2 Å². The number of rotatable bonds is 5. The Kier molecular flexibility index (Phi) is 5.08. The summed E-state index contributed by atoms with van der Waals surface area (Å²) in [7, 11) is -3.70. The molecule has 0 spiro atoms. The molecular weight excluding hydrogens is 264 g/mol. The first-order valence-corrected chi connectivity index (χ1v) is 7.68. The van der Waals surface area contributed by atoms with Gasteiger partial charge in [0.2, 0.25) is 15.9 Å². The summed E-state index contributed by atoms with van der Waals surface area (Å²) in [5.41, 5.74) is 1.28.